The van der Waals surface area contributed by atoms with Gasteiger partial charge in [0, 0.05) is 22.5 Å². The Morgan fingerprint density at radius 2 is 1.49 bits per heavy atom. The van der Waals surface area contributed by atoms with Gasteiger partial charge in [-0.1, -0.05) is 60.7 Å². The molecule has 39 heavy (non-hydrogen) atoms. The van der Waals surface area contributed by atoms with Gasteiger partial charge in [0.15, 0.2) is 5.13 Å². The van der Waals surface area contributed by atoms with E-state index in [2.05, 4.69) is 25.7 Å². The van der Waals surface area contributed by atoms with E-state index in [1.165, 1.54) is 37.3 Å². The maximum Gasteiger partial charge on any atom is 0.573 e. The fourth-order valence-electron chi connectivity index (χ4n) is 3.62. The van der Waals surface area contributed by atoms with E-state index in [-0.39, 0.29) is 5.69 Å². The largest absolute Gasteiger partial charge is 0.573 e. The van der Waals surface area contributed by atoms with Crippen molar-refractivity contribution in [3.05, 3.63) is 95.4 Å². The van der Waals surface area contributed by atoms with Crippen molar-refractivity contribution in [3.63, 3.8) is 0 Å². The molecule has 1 heterocycles. The predicted molar refractivity (Wildman–Crippen MR) is 145 cm³/mol. The first kappa shape index (κ1) is 27.6. The van der Waals surface area contributed by atoms with Crippen LogP contribution in [0.5, 0.6) is 5.75 Å². The smallest absolute Gasteiger partial charge is 0.406 e. The minimum absolute atomic E-state index is 0.219. The number of nitrogens with one attached hydrogen (secondary N) is 3. The summed E-state index contributed by atoms with van der Waals surface area (Å²) < 4.78 is 40.8. The number of carbonyl (C=O) groups excluding carboxylic acids is 2. The van der Waals surface area contributed by atoms with E-state index in [1.54, 1.807) is 0 Å². The summed E-state index contributed by atoms with van der Waals surface area (Å²) in [5.74, 6) is -0.913. The van der Waals surface area contributed by atoms with Crippen molar-refractivity contribution in [3.8, 4) is 17.0 Å². The minimum atomic E-state index is -4.81. The van der Waals surface area contributed by atoms with E-state index in [4.69, 9.17) is 0 Å². The molecule has 7 nitrogen and oxygen atoms in total. The van der Waals surface area contributed by atoms with Crippen LogP contribution in [0.4, 0.5) is 28.8 Å². The van der Waals surface area contributed by atoms with Gasteiger partial charge in [-0.25, -0.2) is 9.78 Å². The average Bonchev–Trinajstić information content (AvgIpc) is 3.27. The molecule has 0 radical (unpaired) electrons. The molecule has 0 aliphatic heterocycles. The number of urea groups is 1. The SMILES string of the molecule is CC(C)(NC(=O)Nc1ccc(OC(F)(F)F)cc1)C(=O)Nc1nc(-c2ccccc2)c(Cc2ccccc2)s1. The number of anilines is 2. The highest BCUT2D eigenvalue weighted by atomic mass is 32.1. The zero-order chi connectivity index (χ0) is 28.0. The molecular formula is C28H25F3N4O3S. The highest BCUT2D eigenvalue weighted by molar-refractivity contribution is 7.16. The third-order valence-electron chi connectivity index (χ3n) is 5.51. The molecule has 1 aromatic heterocycles. The maximum absolute atomic E-state index is 13.1. The van der Waals surface area contributed by atoms with Gasteiger partial charge in [0.1, 0.15) is 11.3 Å². The molecule has 0 unspecified atom stereocenters. The lowest BCUT2D eigenvalue weighted by Gasteiger charge is -2.24. The molecular weight excluding hydrogens is 529 g/mol. The maximum atomic E-state index is 13.1. The molecule has 0 bridgehead atoms. The first-order chi connectivity index (χ1) is 18.5. The van der Waals surface area contributed by atoms with E-state index in [1.807, 2.05) is 60.7 Å². The Labute approximate surface area is 227 Å². The molecule has 0 fully saturated rings. The molecule has 0 spiro atoms. The molecule has 3 aromatic carbocycles. The Morgan fingerprint density at radius 3 is 2.10 bits per heavy atom. The van der Waals surface area contributed by atoms with Crippen molar-refractivity contribution >= 4 is 34.1 Å². The quantitative estimate of drug-likeness (QED) is 0.222. The summed E-state index contributed by atoms with van der Waals surface area (Å²) >= 11 is 1.36. The summed E-state index contributed by atoms with van der Waals surface area (Å²) in [6.45, 7) is 3.05. The number of ether oxygens (including phenoxy) is 1. The van der Waals surface area contributed by atoms with E-state index in [9.17, 15) is 22.8 Å². The van der Waals surface area contributed by atoms with Crippen LogP contribution >= 0.6 is 11.3 Å². The minimum Gasteiger partial charge on any atom is -0.406 e. The summed E-state index contributed by atoms with van der Waals surface area (Å²) in [5.41, 5.74) is 1.66. The molecule has 3 N–H and O–H groups in total. The van der Waals surface area contributed by atoms with E-state index in [0.29, 0.717) is 11.6 Å². The third-order valence-corrected chi connectivity index (χ3v) is 6.48. The van der Waals surface area contributed by atoms with Crippen molar-refractivity contribution < 1.29 is 27.5 Å². The number of hydrogen-bond donors (Lipinski definition) is 3. The fourth-order valence-corrected chi connectivity index (χ4v) is 4.64. The number of amides is 3. The Balaban J connectivity index is 1.43. The van der Waals surface area contributed by atoms with E-state index >= 15 is 0 Å². The summed E-state index contributed by atoms with van der Waals surface area (Å²) in [6, 6.07) is 23.5. The first-order valence-corrected chi connectivity index (χ1v) is 12.7. The predicted octanol–water partition coefficient (Wildman–Crippen LogP) is 6.84. The highest BCUT2D eigenvalue weighted by Gasteiger charge is 2.32. The van der Waals surface area contributed by atoms with Gasteiger partial charge >= 0.3 is 12.4 Å². The number of carbonyl (C=O) groups is 2. The number of halogens is 3. The van der Waals surface area contributed by atoms with Gasteiger partial charge in [0.25, 0.3) is 5.91 Å². The van der Waals surface area contributed by atoms with Gasteiger partial charge in [-0.3, -0.25) is 10.1 Å². The molecule has 11 heteroatoms. The molecule has 0 saturated carbocycles. The summed E-state index contributed by atoms with van der Waals surface area (Å²) in [4.78, 5) is 31.3. The van der Waals surface area contributed by atoms with E-state index in [0.717, 1.165) is 33.8 Å². The van der Waals surface area contributed by atoms with Gasteiger partial charge < -0.3 is 15.4 Å². The third kappa shape index (κ3) is 7.81. The van der Waals surface area contributed by atoms with Gasteiger partial charge in [0.2, 0.25) is 0 Å². The van der Waals surface area contributed by atoms with Gasteiger partial charge in [-0.2, -0.15) is 0 Å². The number of hydrogen-bond acceptors (Lipinski definition) is 5. The molecule has 202 valence electrons. The van der Waals surface area contributed by atoms with Gasteiger partial charge in [-0.15, -0.1) is 24.5 Å². The van der Waals surface area contributed by atoms with E-state index < -0.39 is 29.6 Å². The second-order valence-electron chi connectivity index (χ2n) is 9.05. The number of alkyl halides is 3. The number of aromatic nitrogens is 1. The zero-order valence-electron chi connectivity index (χ0n) is 21.0. The standard InChI is InChI=1S/C28H25F3N4O3S/c1-27(2,35-25(37)32-20-13-15-21(16-14-20)38-28(29,30)31)24(36)34-26-33-23(19-11-7-4-8-12-19)22(39-26)17-18-9-5-3-6-10-18/h3-16H,17H2,1-2H3,(H2,32,35,37)(H,33,34,36). The Kier molecular flexibility index (Phi) is 8.20. The van der Waals surface area contributed by atoms with Crippen molar-refractivity contribution in [2.75, 3.05) is 10.6 Å². The van der Waals surface area contributed by atoms with Crippen LogP contribution in [0.1, 0.15) is 24.3 Å². The van der Waals surface area contributed by atoms with Crippen LogP contribution in [0, 0.1) is 0 Å². The highest BCUT2D eigenvalue weighted by Crippen LogP contribution is 2.33. The average molecular weight is 555 g/mol. The number of benzene rings is 3. The Morgan fingerprint density at radius 1 is 0.872 bits per heavy atom. The van der Waals surface area contributed by atoms with Crippen molar-refractivity contribution in [2.45, 2.75) is 32.2 Å². The fraction of sp³-hybridized carbons (Fsp3) is 0.179. The van der Waals surface area contributed by atoms with Crippen molar-refractivity contribution in [1.82, 2.24) is 10.3 Å². The van der Waals surface area contributed by atoms with Gasteiger partial charge in [0.05, 0.1) is 5.69 Å². The Bertz CT molecular complexity index is 1420. The van der Waals surface area contributed by atoms with Crippen LogP contribution < -0.4 is 20.7 Å². The molecule has 0 aliphatic carbocycles. The second-order valence-corrected chi connectivity index (χ2v) is 10.1. The lowest BCUT2D eigenvalue weighted by atomic mass is 10.1. The van der Waals surface area contributed by atoms with Crippen LogP contribution in [0.3, 0.4) is 0 Å². The molecule has 4 aromatic rings. The lowest BCUT2D eigenvalue weighted by Crippen LogP contribution is -2.53. The van der Waals surface area contributed by atoms with Crippen LogP contribution in [-0.2, 0) is 11.2 Å². The monoisotopic (exact) mass is 554 g/mol. The normalized spacial score (nSPS) is 11.5. The summed E-state index contributed by atoms with van der Waals surface area (Å²) in [6.07, 6.45) is -4.18. The van der Waals surface area contributed by atoms with Crippen molar-refractivity contribution in [2.24, 2.45) is 0 Å². The number of nitrogens with zero attached hydrogens (tertiary/aromatic N) is 1. The Hall–Kier alpha value is -4.38. The summed E-state index contributed by atoms with van der Waals surface area (Å²) in [5, 5.41) is 8.25. The van der Waals surface area contributed by atoms with Crippen LogP contribution in [0.15, 0.2) is 84.9 Å². The van der Waals surface area contributed by atoms with Crippen LogP contribution in [0.2, 0.25) is 0 Å². The molecule has 3 amide bonds. The van der Waals surface area contributed by atoms with Crippen LogP contribution in [-0.4, -0.2) is 28.8 Å². The van der Waals surface area contributed by atoms with Crippen molar-refractivity contribution in [1.29, 1.82) is 0 Å². The molecule has 0 saturated heterocycles. The zero-order valence-corrected chi connectivity index (χ0v) is 21.8. The number of thiazole rings is 1. The lowest BCUT2D eigenvalue weighted by molar-refractivity contribution is -0.274. The van der Waals surface area contributed by atoms with Crippen LogP contribution in [0.25, 0.3) is 11.3 Å². The summed E-state index contributed by atoms with van der Waals surface area (Å²) in [7, 11) is 0. The number of rotatable bonds is 8. The second kappa shape index (κ2) is 11.6. The molecule has 4 rings (SSSR count). The topological polar surface area (TPSA) is 92.4 Å². The first-order valence-electron chi connectivity index (χ1n) is 11.8. The molecule has 0 atom stereocenters. The van der Waals surface area contributed by atoms with Gasteiger partial charge in [-0.05, 0) is 43.7 Å². The molecule has 0 aliphatic rings.